The molecule has 0 N–H and O–H groups in total. The molecule has 9 aromatic rings. The molecule has 1 aromatic heterocycles. The van der Waals surface area contributed by atoms with Gasteiger partial charge in [-0.15, -0.1) is 0 Å². The molecule has 12 rings (SSSR count). The Balaban J connectivity index is 1.12. The van der Waals surface area contributed by atoms with Gasteiger partial charge in [-0.05, 0) is 123 Å². The van der Waals surface area contributed by atoms with Gasteiger partial charge in [0.25, 0.3) is 0 Å². The molecule has 0 saturated heterocycles. The number of allylic oxidation sites excluding steroid dienone is 4. The van der Waals surface area contributed by atoms with E-state index in [1.807, 2.05) is 0 Å². The largest absolute Gasteiger partial charge is 0.455 e. The lowest BCUT2D eigenvalue weighted by molar-refractivity contribution is 0.499. The van der Waals surface area contributed by atoms with Crippen LogP contribution in [0.15, 0.2) is 205 Å². The first-order valence-electron chi connectivity index (χ1n) is 21.6. The first-order valence-corrected chi connectivity index (χ1v) is 21.6. The maximum Gasteiger partial charge on any atom is 0.143 e. The van der Waals surface area contributed by atoms with Crippen LogP contribution in [0, 0.1) is 5.92 Å². The highest BCUT2D eigenvalue weighted by Crippen LogP contribution is 2.63. The van der Waals surface area contributed by atoms with E-state index in [2.05, 4.69) is 226 Å². The number of hydrogen-bond donors (Lipinski definition) is 0. The first kappa shape index (κ1) is 35.8. The molecule has 0 amide bonds. The molecule has 2 heteroatoms. The van der Waals surface area contributed by atoms with Crippen LogP contribution in [0.3, 0.4) is 0 Å². The molecule has 0 radical (unpaired) electrons. The molecular weight excluding hydrogens is 739 g/mol. The number of rotatable bonds is 6. The zero-order valence-electron chi connectivity index (χ0n) is 34.7. The van der Waals surface area contributed by atoms with Gasteiger partial charge in [-0.3, -0.25) is 0 Å². The molecule has 2 atom stereocenters. The van der Waals surface area contributed by atoms with Crippen LogP contribution in [-0.4, -0.2) is 0 Å². The van der Waals surface area contributed by atoms with Gasteiger partial charge in [-0.2, -0.15) is 0 Å². The van der Waals surface area contributed by atoms with E-state index in [9.17, 15) is 0 Å². The lowest BCUT2D eigenvalue weighted by Crippen LogP contribution is -2.31. The molecule has 3 aliphatic rings. The van der Waals surface area contributed by atoms with Crippen LogP contribution in [0.2, 0.25) is 0 Å². The molecule has 8 aromatic carbocycles. The average molecular weight is 784 g/mol. The van der Waals surface area contributed by atoms with Crippen molar-refractivity contribution in [1.82, 2.24) is 0 Å². The summed E-state index contributed by atoms with van der Waals surface area (Å²) in [6, 6.07) is 65.4. The minimum Gasteiger partial charge on any atom is -0.455 e. The Bertz CT molecular complexity index is 3270. The van der Waals surface area contributed by atoms with Crippen molar-refractivity contribution in [1.29, 1.82) is 0 Å². The van der Waals surface area contributed by atoms with E-state index < -0.39 is 5.41 Å². The molecule has 1 spiro atoms. The smallest absolute Gasteiger partial charge is 0.143 e. The molecule has 2 unspecified atom stereocenters. The Morgan fingerprint density at radius 3 is 2.00 bits per heavy atom. The van der Waals surface area contributed by atoms with Crippen LogP contribution in [0.5, 0.6) is 0 Å². The van der Waals surface area contributed by atoms with Crippen LogP contribution < -0.4 is 4.90 Å². The van der Waals surface area contributed by atoms with E-state index in [1.165, 1.54) is 66.8 Å². The lowest BCUT2D eigenvalue weighted by atomic mass is 9.67. The molecule has 292 valence electrons. The summed E-state index contributed by atoms with van der Waals surface area (Å²) in [7, 11) is 0. The Kier molecular flexibility index (Phi) is 7.87. The van der Waals surface area contributed by atoms with Crippen molar-refractivity contribution in [2.24, 2.45) is 5.92 Å². The van der Waals surface area contributed by atoms with E-state index in [-0.39, 0.29) is 11.3 Å². The van der Waals surface area contributed by atoms with Crippen molar-refractivity contribution in [2.45, 2.75) is 38.0 Å². The standard InChI is InChI=1S/C59H45NO/c1-4-5-7-19-41-35-40-18-10-13-22-50(40)59(41)52-34-33-48-47-21-12-15-24-55(47)61-57(48)56(52)49-32-30-44(37-54(49)59)60(42-27-25-39(26-28-42)38-16-8-6-9-17-38)43-29-31-46-45-20-11-14-23-51(45)58(2,3)53(46)36-43/h4-34,36-37,41H,35H2,1-3H3/b5-4-,19-7-. The Morgan fingerprint density at radius 1 is 0.525 bits per heavy atom. The summed E-state index contributed by atoms with van der Waals surface area (Å²) in [5.41, 5.74) is 20.4. The van der Waals surface area contributed by atoms with Crippen LogP contribution in [0.25, 0.3) is 55.3 Å². The predicted octanol–water partition coefficient (Wildman–Crippen LogP) is 15.6. The SMILES string of the molecule is C/C=C\C=C/C1Cc2ccccc2C12c1cc(N(c3ccc(-c4ccccc4)cc3)c3ccc4c(c3)C(C)(C)c3ccccc3-4)ccc1-c1c2ccc2c1oc1ccccc12. The summed E-state index contributed by atoms with van der Waals surface area (Å²) in [6.45, 7) is 6.83. The van der Waals surface area contributed by atoms with Gasteiger partial charge in [0.15, 0.2) is 0 Å². The fourth-order valence-electron chi connectivity index (χ4n) is 11.3. The van der Waals surface area contributed by atoms with Crippen molar-refractivity contribution in [2.75, 3.05) is 4.90 Å². The molecule has 0 fully saturated rings. The molecule has 2 nitrogen and oxygen atoms in total. The van der Waals surface area contributed by atoms with Crippen LogP contribution in [-0.2, 0) is 17.3 Å². The van der Waals surface area contributed by atoms with Gasteiger partial charge >= 0.3 is 0 Å². The Labute approximate surface area is 357 Å². The van der Waals surface area contributed by atoms with Crippen molar-refractivity contribution >= 4 is 39.0 Å². The Hall–Kier alpha value is -7.16. The van der Waals surface area contributed by atoms with E-state index >= 15 is 0 Å². The van der Waals surface area contributed by atoms with Gasteiger partial charge in [0.2, 0.25) is 0 Å². The fourth-order valence-corrected chi connectivity index (χ4v) is 11.3. The first-order chi connectivity index (χ1) is 30.0. The second kappa shape index (κ2) is 13.4. The third kappa shape index (κ3) is 5.09. The molecule has 3 aliphatic carbocycles. The average Bonchev–Trinajstić information content (AvgIpc) is 4.00. The summed E-state index contributed by atoms with van der Waals surface area (Å²) in [4.78, 5) is 2.48. The van der Waals surface area contributed by atoms with Crippen molar-refractivity contribution < 1.29 is 4.42 Å². The van der Waals surface area contributed by atoms with Crippen molar-refractivity contribution in [3.8, 4) is 33.4 Å². The highest BCUT2D eigenvalue weighted by atomic mass is 16.3. The van der Waals surface area contributed by atoms with Gasteiger partial charge in [-0.25, -0.2) is 0 Å². The highest BCUT2D eigenvalue weighted by molar-refractivity contribution is 6.12. The van der Waals surface area contributed by atoms with Crippen molar-refractivity contribution in [3.05, 3.63) is 234 Å². The van der Waals surface area contributed by atoms with Gasteiger partial charge in [0, 0.05) is 38.8 Å². The number of fused-ring (bicyclic) bond motifs is 14. The maximum atomic E-state index is 6.89. The van der Waals surface area contributed by atoms with Gasteiger partial charge in [0.1, 0.15) is 11.2 Å². The van der Waals surface area contributed by atoms with Crippen LogP contribution in [0.4, 0.5) is 17.1 Å². The number of anilines is 3. The zero-order chi connectivity index (χ0) is 40.9. The third-order valence-electron chi connectivity index (χ3n) is 14.1. The predicted molar refractivity (Wildman–Crippen MR) is 254 cm³/mol. The summed E-state index contributed by atoms with van der Waals surface area (Å²) < 4.78 is 6.89. The lowest BCUT2D eigenvalue weighted by Gasteiger charge is -2.35. The maximum absolute atomic E-state index is 6.89. The topological polar surface area (TPSA) is 16.4 Å². The fraction of sp³-hybridized carbons (Fsp3) is 0.119. The molecular formula is C59H45NO. The number of benzene rings is 8. The molecule has 61 heavy (non-hydrogen) atoms. The minimum atomic E-state index is -0.424. The van der Waals surface area contributed by atoms with E-state index in [1.54, 1.807) is 0 Å². The number of furan rings is 1. The Morgan fingerprint density at radius 2 is 1.18 bits per heavy atom. The van der Waals surface area contributed by atoms with Gasteiger partial charge in [0.05, 0.1) is 5.41 Å². The summed E-state index contributed by atoms with van der Waals surface area (Å²) in [6.07, 6.45) is 9.95. The number of para-hydroxylation sites is 1. The van der Waals surface area contributed by atoms with Gasteiger partial charge < -0.3 is 9.32 Å². The summed E-state index contributed by atoms with van der Waals surface area (Å²) in [5, 5.41) is 2.32. The van der Waals surface area contributed by atoms with Crippen molar-refractivity contribution in [3.63, 3.8) is 0 Å². The molecule has 0 aliphatic heterocycles. The molecule has 0 saturated carbocycles. The molecule has 0 bridgehead atoms. The second-order valence-electron chi connectivity index (χ2n) is 17.5. The van der Waals surface area contributed by atoms with Gasteiger partial charge in [-0.1, -0.05) is 172 Å². The highest BCUT2D eigenvalue weighted by Gasteiger charge is 2.54. The third-order valence-corrected chi connectivity index (χ3v) is 14.1. The van der Waals surface area contributed by atoms with E-state index in [4.69, 9.17) is 4.42 Å². The molecule has 1 heterocycles. The zero-order valence-corrected chi connectivity index (χ0v) is 34.7. The number of hydrogen-bond acceptors (Lipinski definition) is 2. The minimum absolute atomic E-state index is 0.133. The van der Waals surface area contributed by atoms with Crippen LogP contribution in [0.1, 0.15) is 54.2 Å². The second-order valence-corrected chi connectivity index (χ2v) is 17.5. The summed E-state index contributed by atoms with van der Waals surface area (Å²) >= 11 is 0. The normalized spacial score (nSPS) is 17.9. The number of nitrogens with zero attached hydrogens (tertiary/aromatic N) is 1. The summed E-state index contributed by atoms with van der Waals surface area (Å²) in [5.74, 6) is 0.191. The van der Waals surface area contributed by atoms with E-state index in [0.29, 0.717) is 0 Å². The monoisotopic (exact) mass is 783 g/mol. The van der Waals surface area contributed by atoms with E-state index in [0.717, 1.165) is 45.4 Å². The quantitative estimate of drug-likeness (QED) is 0.156. The van der Waals surface area contributed by atoms with Crippen LogP contribution >= 0.6 is 0 Å².